The van der Waals surface area contributed by atoms with Crippen molar-refractivity contribution in [2.45, 2.75) is 48.2 Å². The van der Waals surface area contributed by atoms with Crippen LogP contribution in [-0.2, 0) is 14.8 Å². The van der Waals surface area contributed by atoms with E-state index in [0.717, 1.165) is 29.4 Å². The third-order valence-corrected chi connectivity index (χ3v) is 8.63. The lowest BCUT2D eigenvalue weighted by atomic mass is 9.95. The van der Waals surface area contributed by atoms with Gasteiger partial charge in [-0.1, -0.05) is 67.4 Å². The topological polar surface area (TPSA) is 119 Å². The lowest BCUT2D eigenvalue weighted by Gasteiger charge is -2.25. The van der Waals surface area contributed by atoms with Crippen LogP contribution in [0.25, 0.3) is 11.4 Å². The molecular weight excluding hydrogens is 591 g/mol. The largest absolute Gasteiger partial charge is 1.00 e. The zero-order chi connectivity index (χ0) is 26.4. The first kappa shape index (κ1) is 31.4. The Balaban J connectivity index is 0.00000220. The van der Waals surface area contributed by atoms with Crippen LogP contribution >= 0.6 is 11.8 Å². The van der Waals surface area contributed by atoms with Crippen molar-refractivity contribution in [2.75, 3.05) is 15.8 Å². The number of pyridine rings is 1. The number of carbonyl (C=O) groups excluding carboxylic acids is 1. The van der Waals surface area contributed by atoms with E-state index < -0.39 is 10.0 Å². The number of aromatic nitrogens is 4. The van der Waals surface area contributed by atoms with Gasteiger partial charge in [-0.2, -0.15) is 0 Å². The van der Waals surface area contributed by atoms with Crippen molar-refractivity contribution < 1.29 is 38.0 Å². The van der Waals surface area contributed by atoms with Gasteiger partial charge in [0, 0.05) is 23.5 Å². The Kier molecular flexibility index (Phi) is 11.4. The number of hydrogen-bond donors (Lipinski definition) is 2. The van der Waals surface area contributed by atoms with E-state index in [9.17, 15) is 13.2 Å². The molecule has 0 radical (unpaired) electrons. The molecule has 0 bridgehead atoms. The number of halogens is 2. The third kappa shape index (κ3) is 7.75. The zero-order valence-corrected chi connectivity index (χ0v) is 24.6. The van der Waals surface area contributed by atoms with Crippen LogP contribution in [0.1, 0.15) is 38.1 Å². The van der Waals surface area contributed by atoms with Gasteiger partial charge in [0.25, 0.3) is 10.0 Å². The van der Waals surface area contributed by atoms with Crippen molar-refractivity contribution in [3.63, 3.8) is 0 Å². The van der Waals surface area contributed by atoms with Gasteiger partial charge in [-0.15, -0.1) is 10.2 Å². The van der Waals surface area contributed by atoms with E-state index in [1.165, 1.54) is 49.4 Å². The molecule has 2 aromatic carbocycles. The summed E-state index contributed by atoms with van der Waals surface area (Å²) >= 11 is 1.36. The van der Waals surface area contributed by atoms with Gasteiger partial charge in [-0.25, -0.2) is 13.4 Å². The summed E-state index contributed by atoms with van der Waals surface area (Å²) in [5.74, 6) is 1.01. The van der Waals surface area contributed by atoms with Crippen molar-refractivity contribution >= 4 is 39.2 Å². The van der Waals surface area contributed by atoms with Crippen LogP contribution in [0, 0.1) is 0 Å². The van der Waals surface area contributed by atoms with Gasteiger partial charge in [-0.05, 0) is 49.2 Å². The smallest absolute Gasteiger partial charge is 0.263 e. The molecule has 2 aromatic heterocycles. The van der Waals surface area contributed by atoms with Crippen molar-refractivity contribution in [3.8, 4) is 11.4 Å². The molecule has 9 nitrogen and oxygen atoms in total. The summed E-state index contributed by atoms with van der Waals surface area (Å²) in [6.07, 6.45) is 7.23. The minimum atomic E-state index is -3.79. The van der Waals surface area contributed by atoms with Crippen molar-refractivity contribution in [3.05, 3.63) is 79.0 Å². The maximum Gasteiger partial charge on any atom is 0.263 e. The maximum absolute atomic E-state index is 12.7. The average molecular weight is 620 g/mol. The summed E-state index contributed by atoms with van der Waals surface area (Å²) in [6.45, 7) is 0. The fourth-order valence-electron chi connectivity index (χ4n) is 4.49. The molecule has 0 unspecified atom stereocenters. The number of hydrogen-bond acceptors (Lipinski definition) is 7. The summed E-state index contributed by atoms with van der Waals surface area (Å²) in [5.41, 5.74) is 1.51. The van der Waals surface area contributed by atoms with E-state index in [0.29, 0.717) is 11.7 Å². The van der Waals surface area contributed by atoms with E-state index in [1.807, 2.05) is 30.3 Å². The second-order valence-corrected chi connectivity index (χ2v) is 11.6. The molecule has 40 heavy (non-hydrogen) atoms. The molecule has 0 aliphatic heterocycles. The Morgan fingerprint density at radius 1 is 0.900 bits per heavy atom. The average Bonchev–Trinajstić information content (AvgIpc) is 3.37. The van der Waals surface area contributed by atoms with E-state index in [2.05, 4.69) is 29.8 Å². The van der Waals surface area contributed by atoms with Gasteiger partial charge in [0.05, 0.1) is 10.6 Å². The minimum absolute atomic E-state index is 0. The molecule has 2 N–H and O–H groups in total. The van der Waals surface area contributed by atoms with Crippen LogP contribution in [0.15, 0.2) is 89.0 Å². The Labute approximate surface area is 250 Å². The molecule has 4 aromatic rings. The minimum Gasteiger partial charge on any atom is -1.00 e. The zero-order valence-electron chi connectivity index (χ0n) is 21.4. The molecule has 1 fully saturated rings. The van der Waals surface area contributed by atoms with Gasteiger partial charge >= 0.3 is 0 Å². The highest BCUT2D eigenvalue weighted by atomic mass is 35.5. The van der Waals surface area contributed by atoms with Gasteiger partial charge in [0.15, 0.2) is 11.0 Å². The second-order valence-electron chi connectivity index (χ2n) is 9.02. The fraction of sp³-hybridized carbons (Fsp3) is 0.259. The number of sulfonamides is 1. The first-order valence-corrected chi connectivity index (χ1v) is 14.9. The number of benzene rings is 2. The fourth-order valence-corrected chi connectivity index (χ4v) is 6.31. The highest BCUT2D eigenvalue weighted by molar-refractivity contribution is 7.99. The summed E-state index contributed by atoms with van der Waals surface area (Å²) in [4.78, 5) is 16.8. The lowest BCUT2D eigenvalue weighted by Crippen LogP contribution is -3.00. The molecule has 212 valence electrons. The highest BCUT2D eigenvalue weighted by Gasteiger charge is 2.24. The van der Waals surface area contributed by atoms with E-state index in [4.69, 9.17) is 0 Å². The van der Waals surface area contributed by atoms with E-state index in [1.54, 1.807) is 30.3 Å². The Morgan fingerprint density at radius 2 is 1.60 bits per heavy atom. The van der Waals surface area contributed by atoms with Crippen LogP contribution in [0.4, 0.5) is 11.5 Å². The molecule has 5 rings (SSSR count). The molecule has 1 amide bonds. The van der Waals surface area contributed by atoms with Crippen molar-refractivity contribution in [1.29, 1.82) is 0 Å². The number of rotatable bonds is 9. The van der Waals surface area contributed by atoms with E-state index >= 15 is 0 Å². The quantitative estimate of drug-likeness (QED) is 0.240. The van der Waals surface area contributed by atoms with Crippen LogP contribution in [-0.4, -0.2) is 39.8 Å². The molecule has 1 aliphatic carbocycles. The van der Waals surface area contributed by atoms with Crippen LogP contribution in [0.2, 0.25) is 0 Å². The van der Waals surface area contributed by atoms with Gasteiger partial charge in [0.1, 0.15) is 5.82 Å². The van der Waals surface area contributed by atoms with Crippen molar-refractivity contribution in [2.24, 2.45) is 0 Å². The standard InChI is InChI=1S/C27H28N6O3S2.2ClH/c34-25(29-21-14-16-23(17-15-21)38(35,36)32-24-13-7-8-18-28-24)19-37-27-31-30-26(20-9-3-1-4-10-20)33(27)22-11-5-2-6-12-22;;/h1,3-4,7-10,13-18,22H,2,5-6,11-12,19H2,(H,28,32)(H,29,34);2*1H/p-2. The number of nitrogens with zero attached hydrogens (tertiary/aromatic N) is 4. The summed E-state index contributed by atoms with van der Waals surface area (Å²) in [7, 11) is -3.79. The second kappa shape index (κ2) is 14.5. The molecule has 1 aliphatic rings. The Morgan fingerprint density at radius 3 is 2.27 bits per heavy atom. The molecule has 2 heterocycles. The van der Waals surface area contributed by atoms with Crippen LogP contribution in [0.3, 0.4) is 0 Å². The predicted octanol–water partition coefficient (Wildman–Crippen LogP) is -0.615. The lowest BCUT2D eigenvalue weighted by molar-refractivity contribution is -0.113. The van der Waals surface area contributed by atoms with Crippen molar-refractivity contribution in [1.82, 2.24) is 19.7 Å². The SMILES string of the molecule is O=C(CSc1nnc(-c2ccccc2)n1C1CCCCC1)Nc1ccc(S(=O)(=O)Nc2ccccn2)cc1.[Cl-].[Cl-]. The molecule has 1 saturated carbocycles. The van der Waals surface area contributed by atoms with Gasteiger partial charge in [-0.3, -0.25) is 14.1 Å². The molecule has 0 saturated heterocycles. The monoisotopic (exact) mass is 618 g/mol. The van der Waals surface area contributed by atoms with Crippen LogP contribution in [0.5, 0.6) is 0 Å². The number of amides is 1. The maximum atomic E-state index is 12.7. The third-order valence-electron chi connectivity index (χ3n) is 6.32. The molecule has 0 atom stereocenters. The Bertz CT molecular complexity index is 1480. The molecular formula is C27H28Cl2N6O3S2-2. The van der Waals surface area contributed by atoms with Gasteiger partial charge < -0.3 is 30.1 Å². The van der Waals surface area contributed by atoms with E-state index in [-0.39, 0.29) is 47.2 Å². The first-order chi connectivity index (χ1) is 18.5. The molecule has 13 heteroatoms. The highest BCUT2D eigenvalue weighted by Crippen LogP contribution is 2.35. The number of anilines is 2. The first-order valence-electron chi connectivity index (χ1n) is 12.5. The summed E-state index contributed by atoms with van der Waals surface area (Å²) < 4.78 is 29.8. The predicted molar refractivity (Wildman–Crippen MR) is 148 cm³/mol. The Hall–Kier alpha value is -3.12. The number of nitrogens with one attached hydrogen (secondary N) is 2. The molecule has 0 spiro atoms. The van der Waals surface area contributed by atoms with Gasteiger partial charge in [0.2, 0.25) is 5.91 Å². The van der Waals surface area contributed by atoms with Crippen LogP contribution < -0.4 is 34.9 Å². The number of carbonyl (C=O) groups is 1. The summed E-state index contributed by atoms with van der Waals surface area (Å²) in [6, 6.07) is 21.3. The number of thioether (sulfide) groups is 1. The summed E-state index contributed by atoms with van der Waals surface area (Å²) in [5, 5.41) is 12.5. The normalized spacial score (nSPS) is 13.5.